The number of anilines is 1. The molecule has 0 fully saturated rings. The van der Waals surface area contributed by atoms with E-state index in [-0.39, 0.29) is 40.3 Å². The Morgan fingerprint density at radius 3 is 2.51 bits per heavy atom. The molecule has 192 valence electrons. The number of aromatic nitrogens is 2. The van der Waals surface area contributed by atoms with Crippen LogP contribution in [0.15, 0.2) is 60.2 Å². The fraction of sp³-hybridized carbons (Fsp3) is 0.321. The van der Waals surface area contributed by atoms with Crippen LogP contribution in [-0.2, 0) is 16.4 Å². The Hall–Kier alpha value is -3.75. The summed E-state index contributed by atoms with van der Waals surface area (Å²) in [5.41, 5.74) is -0.0918. The Morgan fingerprint density at radius 1 is 1.05 bits per heavy atom. The number of methoxy groups -OCH3 is 1. The van der Waals surface area contributed by atoms with Gasteiger partial charge in [0, 0.05) is 29.5 Å². The quantitative estimate of drug-likeness (QED) is 0.397. The number of rotatable bonds is 3. The third kappa shape index (κ3) is 4.06. The first-order valence-electron chi connectivity index (χ1n) is 11.7. The van der Waals surface area contributed by atoms with Crippen molar-refractivity contribution in [1.82, 2.24) is 9.97 Å². The molecule has 1 aromatic carbocycles. The summed E-state index contributed by atoms with van der Waals surface area (Å²) in [5.74, 6) is -0.284. The summed E-state index contributed by atoms with van der Waals surface area (Å²) in [4.78, 5) is 21.6. The molecule has 9 heteroatoms. The number of fused-ring (bicyclic) bond motifs is 1. The molecule has 0 radical (unpaired) electrons. The first-order chi connectivity index (χ1) is 17.3. The predicted molar refractivity (Wildman–Crippen MR) is 131 cm³/mol. The largest absolute Gasteiger partial charge is 0.494 e. The van der Waals surface area contributed by atoms with E-state index in [2.05, 4.69) is 15.3 Å². The van der Waals surface area contributed by atoms with Gasteiger partial charge in [-0.05, 0) is 42.0 Å². The molecule has 1 atom stereocenters. The number of allylic oxidation sites excluding steroid dienone is 2. The minimum atomic E-state index is -4.62. The zero-order chi connectivity index (χ0) is 26.8. The lowest BCUT2D eigenvalue weighted by Crippen LogP contribution is -2.42. The Morgan fingerprint density at radius 2 is 1.81 bits per heavy atom. The van der Waals surface area contributed by atoms with Gasteiger partial charge in [-0.25, -0.2) is 9.37 Å². The topological polar surface area (TPSA) is 64.1 Å². The van der Waals surface area contributed by atoms with Crippen LogP contribution in [0.2, 0.25) is 0 Å². The van der Waals surface area contributed by atoms with Crippen molar-refractivity contribution >= 4 is 11.6 Å². The lowest BCUT2D eigenvalue weighted by molar-refractivity contribution is -0.137. The number of nitrogens with one attached hydrogen (secondary N) is 1. The van der Waals surface area contributed by atoms with E-state index in [1.165, 1.54) is 13.3 Å². The fourth-order valence-electron chi connectivity index (χ4n) is 5.52. The number of hydrogen-bond acceptors (Lipinski definition) is 5. The molecule has 0 amide bonds. The number of hydrogen-bond donors (Lipinski definition) is 1. The highest BCUT2D eigenvalue weighted by Crippen LogP contribution is 2.53. The van der Waals surface area contributed by atoms with Crippen molar-refractivity contribution < 1.29 is 27.1 Å². The van der Waals surface area contributed by atoms with Gasteiger partial charge in [-0.3, -0.25) is 9.78 Å². The van der Waals surface area contributed by atoms with Gasteiger partial charge in [0.2, 0.25) is 0 Å². The number of alkyl halides is 3. The molecule has 37 heavy (non-hydrogen) atoms. The highest BCUT2D eigenvalue weighted by Gasteiger charge is 2.49. The Bertz CT molecular complexity index is 1460. The number of Topliss-reactive ketones (excluding diaryl/α,β-unsaturated/α-hetero) is 1. The van der Waals surface area contributed by atoms with Crippen LogP contribution in [0.5, 0.6) is 5.75 Å². The second-order valence-electron chi connectivity index (χ2n) is 10.4. The number of benzene rings is 1. The number of halogens is 4. The molecule has 0 unspecified atom stereocenters. The number of ketones is 1. The highest BCUT2D eigenvalue weighted by atomic mass is 19.4. The van der Waals surface area contributed by atoms with E-state index in [1.807, 2.05) is 13.8 Å². The van der Waals surface area contributed by atoms with Gasteiger partial charge < -0.3 is 10.1 Å². The minimum absolute atomic E-state index is 0.151. The summed E-state index contributed by atoms with van der Waals surface area (Å²) in [6.45, 7) is 5.68. The molecule has 3 aromatic rings. The van der Waals surface area contributed by atoms with Crippen LogP contribution in [0.3, 0.4) is 0 Å². The highest BCUT2D eigenvalue weighted by molar-refractivity contribution is 6.03. The van der Waals surface area contributed by atoms with E-state index in [1.54, 1.807) is 31.2 Å². The number of pyridine rings is 2. The molecular formula is C28H25F4N3O2. The maximum atomic E-state index is 14.9. The van der Waals surface area contributed by atoms with Crippen LogP contribution in [0.4, 0.5) is 23.4 Å². The van der Waals surface area contributed by atoms with Crippen molar-refractivity contribution in [3.8, 4) is 16.9 Å². The van der Waals surface area contributed by atoms with E-state index in [0.717, 1.165) is 18.5 Å². The summed E-state index contributed by atoms with van der Waals surface area (Å²) in [6, 6.07) is 7.85. The van der Waals surface area contributed by atoms with Crippen molar-refractivity contribution in [3.05, 3.63) is 82.7 Å². The van der Waals surface area contributed by atoms with E-state index in [9.17, 15) is 22.4 Å². The lowest BCUT2D eigenvalue weighted by Gasteiger charge is -2.44. The average molecular weight is 512 g/mol. The molecule has 2 aromatic heterocycles. The van der Waals surface area contributed by atoms with Crippen molar-refractivity contribution in [2.75, 3.05) is 12.4 Å². The number of nitrogens with zero attached hydrogens (tertiary/aromatic N) is 2. The van der Waals surface area contributed by atoms with Crippen LogP contribution in [0.25, 0.3) is 11.1 Å². The normalized spacial score (nSPS) is 20.7. The van der Waals surface area contributed by atoms with Crippen LogP contribution >= 0.6 is 0 Å². The number of carbonyl (C=O) groups is 1. The monoisotopic (exact) mass is 511 g/mol. The average Bonchev–Trinajstić information content (AvgIpc) is 2.82. The molecule has 0 bridgehead atoms. The zero-order valence-electron chi connectivity index (χ0n) is 20.8. The van der Waals surface area contributed by atoms with E-state index >= 15 is 0 Å². The molecule has 1 aliphatic heterocycles. The van der Waals surface area contributed by atoms with Gasteiger partial charge in [-0.2, -0.15) is 13.2 Å². The van der Waals surface area contributed by atoms with Crippen LogP contribution in [0.1, 0.15) is 50.3 Å². The summed E-state index contributed by atoms with van der Waals surface area (Å²) in [6.07, 6.45) is -0.596. The molecule has 1 N–H and O–H groups in total. The summed E-state index contributed by atoms with van der Waals surface area (Å²) >= 11 is 0. The van der Waals surface area contributed by atoms with Gasteiger partial charge >= 0.3 is 6.18 Å². The van der Waals surface area contributed by atoms with Gasteiger partial charge in [0.1, 0.15) is 11.6 Å². The maximum Gasteiger partial charge on any atom is 0.417 e. The standard InChI is InChI=1S/C28H25F4N3O2/c1-26(2)10-20-24(21(36)11-26)27(3,18-9-17(28(30,31)32)12-34-25(18)35-20)16-7-5-6-15(8-16)23-19(29)13-33-14-22(23)37-4/h5-9,12-14H,10-11H2,1-4H3,(H,34,35)/t27-/m1/s1. The van der Waals surface area contributed by atoms with Crippen molar-refractivity contribution in [1.29, 1.82) is 0 Å². The molecular weight excluding hydrogens is 486 g/mol. The summed E-state index contributed by atoms with van der Waals surface area (Å²) < 4.78 is 61.4. The third-order valence-corrected chi connectivity index (χ3v) is 7.21. The van der Waals surface area contributed by atoms with Gasteiger partial charge in [0.05, 0.1) is 36.0 Å². The summed E-state index contributed by atoms with van der Waals surface area (Å²) in [5, 5.41) is 3.15. The molecule has 5 rings (SSSR count). The fourth-order valence-corrected chi connectivity index (χ4v) is 5.52. The SMILES string of the molecule is COc1cncc(F)c1-c1cccc([C@@]2(C)C3=C(CC(C)(C)CC3=O)Nc3ncc(C(F)(F)F)cc32)c1. The van der Waals surface area contributed by atoms with Crippen molar-refractivity contribution in [3.63, 3.8) is 0 Å². The van der Waals surface area contributed by atoms with Crippen LogP contribution < -0.4 is 10.1 Å². The predicted octanol–water partition coefficient (Wildman–Crippen LogP) is 6.68. The molecule has 0 saturated heterocycles. The zero-order valence-corrected chi connectivity index (χ0v) is 20.8. The van der Waals surface area contributed by atoms with Crippen molar-refractivity contribution in [2.24, 2.45) is 5.41 Å². The molecule has 3 heterocycles. The third-order valence-electron chi connectivity index (χ3n) is 7.21. The van der Waals surface area contributed by atoms with Gasteiger partial charge in [-0.1, -0.05) is 32.0 Å². The number of carbonyl (C=O) groups excluding carboxylic acids is 1. The molecule has 1 aliphatic carbocycles. The van der Waals surface area contributed by atoms with Crippen molar-refractivity contribution in [2.45, 2.75) is 45.2 Å². The minimum Gasteiger partial charge on any atom is -0.494 e. The smallest absolute Gasteiger partial charge is 0.417 e. The maximum absolute atomic E-state index is 14.9. The summed E-state index contributed by atoms with van der Waals surface area (Å²) in [7, 11) is 1.40. The van der Waals surface area contributed by atoms with Gasteiger partial charge in [0.25, 0.3) is 0 Å². The molecule has 0 saturated carbocycles. The lowest BCUT2D eigenvalue weighted by atomic mass is 9.61. The van der Waals surface area contributed by atoms with Crippen LogP contribution in [-0.4, -0.2) is 22.9 Å². The second kappa shape index (κ2) is 8.39. The van der Waals surface area contributed by atoms with Crippen LogP contribution in [0, 0.1) is 11.2 Å². The Labute approximate surface area is 211 Å². The van der Waals surface area contributed by atoms with Gasteiger partial charge in [0.15, 0.2) is 11.6 Å². The molecule has 0 spiro atoms. The van der Waals surface area contributed by atoms with E-state index < -0.39 is 23.0 Å². The molecule has 5 nitrogen and oxygen atoms in total. The Balaban J connectivity index is 1.79. The van der Waals surface area contributed by atoms with E-state index in [0.29, 0.717) is 28.8 Å². The Kier molecular flexibility index (Phi) is 5.65. The molecule has 2 aliphatic rings. The first kappa shape index (κ1) is 24.9. The second-order valence-corrected chi connectivity index (χ2v) is 10.4. The first-order valence-corrected chi connectivity index (χ1v) is 11.7. The number of ether oxygens (including phenoxy) is 1. The van der Waals surface area contributed by atoms with Gasteiger partial charge in [-0.15, -0.1) is 0 Å². The van der Waals surface area contributed by atoms with E-state index in [4.69, 9.17) is 4.74 Å².